The molecule has 0 saturated heterocycles. The van der Waals surface area contributed by atoms with Gasteiger partial charge in [0.05, 0.1) is 0 Å². The summed E-state index contributed by atoms with van der Waals surface area (Å²) in [6, 6.07) is 3.51. The lowest BCUT2D eigenvalue weighted by Crippen LogP contribution is -2.40. The first-order chi connectivity index (χ1) is 7.61. The number of hydrogen-bond donors (Lipinski definition) is 4. The highest BCUT2D eigenvalue weighted by molar-refractivity contribution is 5.62. The number of aromatic hydroxyl groups is 1. The summed E-state index contributed by atoms with van der Waals surface area (Å²) in [6.07, 6.45) is 0.293. The number of anilines is 1. The Morgan fingerprint density at radius 3 is 2.94 bits per heavy atom. The predicted octanol–water partition coefficient (Wildman–Crippen LogP) is 1.70. The Kier molecular flexibility index (Phi) is 3.03. The van der Waals surface area contributed by atoms with E-state index in [1.54, 1.807) is 12.1 Å². The summed E-state index contributed by atoms with van der Waals surface area (Å²) in [5.74, 6) is 0.646. The summed E-state index contributed by atoms with van der Waals surface area (Å²) < 4.78 is 0. The lowest BCUT2D eigenvalue weighted by atomic mass is 9.93. The highest BCUT2D eigenvalue weighted by Gasteiger charge is 2.20. The maximum Gasteiger partial charge on any atom is 0.181 e. The van der Waals surface area contributed by atoms with Crippen molar-refractivity contribution in [2.45, 2.75) is 39.1 Å². The molecule has 4 nitrogen and oxygen atoms in total. The maximum absolute atomic E-state index is 9.66. The molecule has 1 heterocycles. The summed E-state index contributed by atoms with van der Waals surface area (Å²) >= 11 is 0. The van der Waals surface area contributed by atoms with Crippen molar-refractivity contribution in [1.29, 1.82) is 0 Å². The van der Waals surface area contributed by atoms with E-state index in [0.717, 1.165) is 23.2 Å². The molecule has 88 valence electrons. The van der Waals surface area contributed by atoms with Crippen molar-refractivity contribution in [3.8, 4) is 5.75 Å². The van der Waals surface area contributed by atoms with Gasteiger partial charge in [0.15, 0.2) is 6.35 Å². The zero-order valence-corrected chi connectivity index (χ0v) is 9.62. The van der Waals surface area contributed by atoms with Crippen LogP contribution in [-0.4, -0.2) is 16.6 Å². The number of aliphatic hydroxyl groups excluding tert-OH is 1. The highest BCUT2D eigenvalue weighted by atomic mass is 16.3. The quantitative estimate of drug-likeness (QED) is 0.575. The van der Waals surface area contributed by atoms with Crippen molar-refractivity contribution >= 4 is 5.69 Å². The van der Waals surface area contributed by atoms with Gasteiger partial charge in [0.1, 0.15) is 5.75 Å². The molecule has 2 atom stereocenters. The van der Waals surface area contributed by atoms with Crippen LogP contribution >= 0.6 is 0 Å². The van der Waals surface area contributed by atoms with Gasteiger partial charge in [-0.25, -0.2) is 0 Å². The van der Waals surface area contributed by atoms with E-state index in [2.05, 4.69) is 24.5 Å². The summed E-state index contributed by atoms with van der Waals surface area (Å²) in [5, 5.41) is 25.1. The van der Waals surface area contributed by atoms with Gasteiger partial charge in [-0.2, -0.15) is 0 Å². The molecule has 0 amide bonds. The van der Waals surface area contributed by atoms with E-state index < -0.39 is 6.35 Å². The minimum absolute atomic E-state index is 0.286. The van der Waals surface area contributed by atoms with Gasteiger partial charge >= 0.3 is 0 Å². The SMILES string of the molecule is CCC(C)c1cc(O)cc2c1NC(O)NC2. The maximum atomic E-state index is 9.66. The molecule has 2 unspecified atom stereocenters. The standard InChI is InChI=1S/C12H18N2O2/c1-3-7(2)10-5-9(15)4-8-6-13-12(16)14-11(8)10/h4-5,7,12-16H,3,6H2,1-2H3. The molecular formula is C12H18N2O2. The summed E-state index contributed by atoms with van der Waals surface area (Å²) in [7, 11) is 0. The van der Waals surface area contributed by atoms with E-state index in [1.165, 1.54) is 0 Å². The van der Waals surface area contributed by atoms with Crippen molar-refractivity contribution in [1.82, 2.24) is 5.32 Å². The zero-order chi connectivity index (χ0) is 11.7. The van der Waals surface area contributed by atoms with Crippen LogP contribution in [0.2, 0.25) is 0 Å². The third-order valence-corrected chi connectivity index (χ3v) is 3.15. The first-order valence-electron chi connectivity index (χ1n) is 5.65. The van der Waals surface area contributed by atoms with Crippen LogP contribution in [0.15, 0.2) is 12.1 Å². The fraction of sp³-hybridized carbons (Fsp3) is 0.500. The van der Waals surface area contributed by atoms with E-state index in [9.17, 15) is 10.2 Å². The van der Waals surface area contributed by atoms with Crippen molar-refractivity contribution in [3.05, 3.63) is 23.3 Å². The third-order valence-electron chi connectivity index (χ3n) is 3.15. The Morgan fingerprint density at radius 2 is 2.25 bits per heavy atom. The highest BCUT2D eigenvalue weighted by Crippen LogP contribution is 2.35. The molecule has 0 radical (unpaired) electrons. The number of nitrogens with one attached hydrogen (secondary N) is 2. The van der Waals surface area contributed by atoms with E-state index in [0.29, 0.717) is 12.5 Å². The molecule has 0 spiro atoms. The smallest absolute Gasteiger partial charge is 0.181 e. The lowest BCUT2D eigenvalue weighted by Gasteiger charge is -2.28. The Bertz CT molecular complexity index is 393. The summed E-state index contributed by atoms with van der Waals surface area (Å²) in [6.45, 7) is 4.80. The fourth-order valence-corrected chi connectivity index (χ4v) is 2.03. The van der Waals surface area contributed by atoms with Gasteiger partial charge in [-0.15, -0.1) is 0 Å². The molecule has 0 bridgehead atoms. The van der Waals surface area contributed by atoms with Crippen LogP contribution < -0.4 is 10.6 Å². The molecule has 0 aliphatic carbocycles. The molecule has 0 aromatic heterocycles. The molecular weight excluding hydrogens is 204 g/mol. The number of fused-ring (bicyclic) bond motifs is 1. The van der Waals surface area contributed by atoms with Gasteiger partial charge in [-0.3, -0.25) is 5.32 Å². The monoisotopic (exact) mass is 222 g/mol. The largest absolute Gasteiger partial charge is 0.508 e. The van der Waals surface area contributed by atoms with Crippen LogP contribution in [0.3, 0.4) is 0 Å². The van der Waals surface area contributed by atoms with Gasteiger partial charge < -0.3 is 15.5 Å². The second-order valence-electron chi connectivity index (χ2n) is 4.31. The number of phenols is 1. The second kappa shape index (κ2) is 4.31. The number of hydrogen-bond acceptors (Lipinski definition) is 4. The molecule has 0 saturated carbocycles. The Hall–Kier alpha value is -1.26. The molecule has 1 aliphatic heterocycles. The average Bonchev–Trinajstić information content (AvgIpc) is 2.27. The number of rotatable bonds is 2. The van der Waals surface area contributed by atoms with Crippen LogP contribution in [0.5, 0.6) is 5.75 Å². The third kappa shape index (κ3) is 1.99. The molecule has 2 rings (SSSR count). The molecule has 1 aromatic carbocycles. The molecule has 0 fully saturated rings. The molecule has 4 heteroatoms. The Morgan fingerprint density at radius 1 is 1.50 bits per heavy atom. The number of phenolic OH excluding ortho intramolecular Hbond substituents is 1. The lowest BCUT2D eigenvalue weighted by molar-refractivity contribution is 0.158. The first-order valence-corrected chi connectivity index (χ1v) is 5.65. The number of benzene rings is 1. The van der Waals surface area contributed by atoms with Gasteiger partial charge in [-0.1, -0.05) is 13.8 Å². The molecule has 1 aliphatic rings. The van der Waals surface area contributed by atoms with E-state index in [4.69, 9.17) is 0 Å². The van der Waals surface area contributed by atoms with Crippen molar-refractivity contribution in [2.75, 3.05) is 5.32 Å². The molecule has 1 aromatic rings. The average molecular weight is 222 g/mol. The molecule has 16 heavy (non-hydrogen) atoms. The fourth-order valence-electron chi connectivity index (χ4n) is 2.03. The van der Waals surface area contributed by atoms with Crippen molar-refractivity contribution in [2.24, 2.45) is 0 Å². The second-order valence-corrected chi connectivity index (χ2v) is 4.31. The minimum Gasteiger partial charge on any atom is -0.508 e. The number of aliphatic hydroxyl groups is 1. The normalized spacial score (nSPS) is 21.1. The van der Waals surface area contributed by atoms with Gasteiger partial charge in [0, 0.05) is 12.2 Å². The predicted molar refractivity (Wildman–Crippen MR) is 63.3 cm³/mol. The minimum atomic E-state index is -0.708. The van der Waals surface area contributed by atoms with Crippen molar-refractivity contribution in [3.63, 3.8) is 0 Å². The molecule has 4 N–H and O–H groups in total. The van der Waals surface area contributed by atoms with Gasteiger partial charge in [0.25, 0.3) is 0 Å². The van der Waals surface area contributed by atoms with Gasteiger partial charge in [-0.05, 0) is 35.6 Å². The Labute approximate surface area is 95.3 Å². The van der Waals surface area contributed by atoms with Crippen LogP contribution in [0.25, 0.3) is 0 Å². The summed E-state index contributed by atoms with van der Waals surface area (Å²) in [5.41, 5.74) is 3.03. The van der Waals surface area contributed by atoms with Gasteiger partial charge in [0.2, 0.25) is 0 Å². The zero-order valence-electron chi connectivity index (χ0n) is 9.62. The van der Waals surface area contributed by atoms with E-state index in [1.807, 2.05) is 0 Å². The summed E-state index contributed by atoms with van der Waals surface area (Å²) in [4.78, 5) is 0. The van der Waals surface area contributed by atoms with Crippen LogP contribution in [0.1, 0.15) is 37.3 Å². The Balaban J connectivity index is 2.47. The van der Waals surface area contributed by atoms with Crippen LogP contribution in [0.4, 0.5) is 5.69 Å². The van der Waals surface area contributed by atoms with Crippen LogP contribution in [0, 0.1) is 0 Å². The van der Waals surface area contributed by atoms with Crippen molar-refractivity contribution < 1.29 is 10.2 Å². The van der Waals surface area contributed by atoms with E-state index in [-0.39, 0.29) is 5.75 Å². The van der Waals surface area contributed by atoms with E-state index >= 15 is 0 Å². The van der Waals surface area contributed by atoms with Crippen LogP contribution in [-0.2, 0) is 6.54 Å². The first kappa shape index (κ1) is 11.2. The topological polar surface area (TPSA) is 64.5 Å².